The monoisotopic (exact) mass is 188 g/mol. The standard InChI is InChI=1S/C9H20N2O2/c1-7(2)11-9(12)10-5-6-13-8(3)4/h7-8H,5-6H2,1-4H3,(H2,10,11,12). The van der Waals surface area contributed by atoms with E-state index in [1.165, 1.54) is 0 Å². The molecule has 0 radical (unpaired) electrons. The predicted octanol–water partition coefficient (Wildman–Crippen LogP) is 1.12. The van der Waals surface area contributed by atoms with Crippen LogP contribution in [-0.2, 0) is 4.74 Å². The van der Waals surface area contributed by atoms with E-state index in [0.717, 1.165) is 0 Å². The summed E-state index contributed by atoms with van der Waals surface area (Å²) in [5.41, 5.74) is 0. The molecule has 0 aromatic rings. The average molecular weight is 188 g/mol. The smallest absolute Gasteiger partial charge is 0.315 e. The zero-order chi connectivity index (χ0) is 10.3. The van der Waals surface area contributed by atoms with Crippen LogP contribution in [0.3, 0.4) is 0 Å². The van der Waals surface area contributed by atoms with Gasteiger partial charge in [-0.1, -0.05) is 0 Å². The zero-order valence-corrected chi connectivity index (χ0v) is 8.89. The molecular weight excluding hydrogens is 168 g/mol. The summed E-state index contributed by atoms with van der Waals surface area (Å²) in [6.45, 7) is 8.89. The van der Waals surface area contributed by atoms with Gasteiger partial charge in [-0.3, -0.25) is 0 Å². The SMILES string of the molecule is CC(C)NC(=O)NCCOC(C)C. The Morgan fingerprint density at radius 1 is 1.31 bits per heavy atom. The van der Waals surface area contributed by atoms with Crippen molar-refractivity contribution in [2.75, 3.05) is 13.2 Å². The Labute approximate surface area is 80.0 Å². The van der Waals surface area contributed by atoms with Crippen LogP contribution in [-0.4, -0.2) is 31.3 Å². The van der Waals surface area contributed by atoms with Gasteiger partial charge in [-0.05, 0) is 27.7 Å². The molecule has 0 heterocycles. The molecule has 0 rings (SSSR count). The van der Waals surface area contributed by atoms with Gasteiger partial charge in [-0.25, -0.2) is 4.79 Å². The first kappa shape index (κ1) is 12.2. The highest BCUT2D eigenvalue weighted by Gasteiger charge is 2.00. The van der Waals surface area contributed by atoms with Gasteiger partial charge in [0.25, 0.3) is 0 Å². The van der Waals surface area contributed by atoms with E-state index in [2.05, 4.69) is 10.6 Å². The Balaban J connectivity index is 3.27. The Morgan fingerprint density at radius 2 is 1.92 bits per heavy atom. The van der Waals surface area contributed by atoms with Crippen LogP contribution in [0.2, 0.25) is 0 Å². The van der Waals surface area contributed by atoms with Crippen LogP contribution in [0.5, 0.6) is 0 Å². The van der Waals surface area contributed by atoms with Crippen molar-refractivity contribution in [3.05, 3.63) is 0 Å². The maximum Gasteiger partial charge on any atom is 0.315 e. The average Bonchev–Trinajstić information content (AvgIpc) is 1.96. The van der Waals surface area contributed by atoms with E-state index in [1.54, 1.807) is 0 Å². The number of ether oxygens (including phenoxy) is 1. The minimum absolute atomic E-state index is 0.137. The highest BCUT2D eigenvalue weighted by atomic mass is 16.5. The molecule has 0 saturated carbocycles. The molecule has 13 heavy (non-hydrogen) atoms. The highest BCUT2D eigenvalue weighted by molar-refractivity contribution is 5.73. The van der Waals surface area contributed by atoms with Gasteiger partial charge >= 0.3 is 6.03 Å². The van der Waals surface area contributed by atoms with Crippen LogP contribution in [0.15, 0.2) is 0 Å². The summed E-state index contributed by atoms with van der Waals surface area (Å²) in [5.74, 6) is 0. The zero-order valence-electron chi connectivity index (χ0n) is 8.89. The Hall–Kier alpha value is -0.770. The van der Waals surface area contributed by atoms with Gasteiger partial charge in [0.2, 0.25) is 0 Å². The summed E-state index contributed by atoms with van der Waals surface area (Å²) in [5, 5.41) is 5.42. The minimum Gasteiger partial charge on any atom is -0.377 e. The van der Waals surface area contributed by atoms with Gasteiger partial charge in [-0.2, -0.15) is 0 Å². The van der Waals surface area contributed by atoms with E-state index in [1.807, 2.05) is 27.7 Å². The third kappa shape index (κ3) is 9.14. The lowest BCUT2D eigenvalue weighted by molar-refractivity contribution is 0.0817. The second-order valence-electron chi connectivity index (χ2n) is 3.47. The van der Waals surface area contributed by atoms with Crippen molar-refractivity contribution in [1.29, 1.82) is 0 Å². The maximum absolute atomic E-state index is 11.0. The molecule has 2 N–H and O–H groups in total. The summed E-state index contributed by atoms with van der Waals surface area (Å²) in [7, 11) is 0. The van der Waals surface area contributed by atoms with Gasteiger partial charge in [-0.15, -0.1) is 0 Å². The molecule has 0 aromatic carbocycles. The van der Waals surface area contributed by atoms with Crippen molar-refractivity contribution in [2.45, 2.75) is 39.8 Å². The molecule has 0 unspecified atom stereocenters. The lowest BCUT2D eigenvalue weighted by atomic mass is 10.4. The number of carbonyl (C=O) groups is 1. The van der Waals surface area contributed by atoms with E-state index in [-0.39, 0.29) is 18.2 Å². The van der Waals surface area contributed by atoms with E-state index in [4.69, 9.17) is 4.74 Å². The summed E-state index contributed by atoms with van der Waals surface area (Å²) < 4.78 is 5.25. The first-order chi connectivity index (χ1) is 6.02. The van der Waals surface area contributed by atoms with Crippen molar-refractivity contribution in [1.82, 2.24) is 10.6 Å². The van der Waals surface area contributed by atoms with Crippen molar-refractivity contribution < 1.29 is 9.53 Å². The molecule has 0 aliphatic carbocycles. The van der Waals surface area contributed by atoms with Crippen LogP contribution in [0.25, 0.3) is 0 Å². The molecule has 4 nitrogen and oxygen atoms in total. The largest absolute Gasteiger partial charge is 0.377 e. The Morgan fingerprint density at radius 3 is 2.38 bits per heavy atom. The molecule has 0 bridgehead atoms. The van der Waals surface area contributed by atoms with E-state index < -0.39 is 0 Å². The second-order valence-corrected chi connectivity index (χ2v) is 3.47. The minimum atomic E-state index is -0.137. The molecule has 0 spiro atoms. The fraction of sp³-hybridized carbons (Fsp3) is 0.889. The summed E-state index contributed by atoms with van der Waals surface area (Å²) in [6, 6.07) is 0.0355. The highest BCUT2D eigenvalue weighted by Crippen LogP contribution is 1.85. The van der Waals surface area contributed by atoms with Crippen molar-refractivity contribution in [2.24, 2.45) is 0 Å². The number of hydrogen-bond donors (Lipinski definition) is 2. The fourth-order valence-corrected chi connectivity index (χ4v) is 0.772. The summed E-state index contributed by atoms with van der Waals surface area (Å²) in [4.78, 5) is 11.0. The second kappa shape index (κ2) is 6.71. The number of nitrogens with one attached hydrogen (secondary N) is 2. The Kier molecular flexibility index (Phi) is 6.32. The summed E-state index contributed by atoms with van der Waals surface area (Å²) >= 11 is 0. The molecule has 0 aliphatic rings. The van der Waals surface area contributed by atoms with E-state index in [9.17, 15) is 4.79 Å². The number of urea groups is 1. The molecule has 4 heteroatoms. The van der Waals surface area contributed by atoms with Crippen molar-refractivity contribution >= 4 is 6.03 Å². The molecular formula is C9H20N2O2. The molecule has 0 aliphatic heterocycles. The molecule has 78 valence electrons. The van der Waals surface area contributed by atoms with Crippen LogP contribution in [0, 0.1) is 0 Å². The summed E-state index contributed by atoms with van der Waals surface area (Å²) in [6.07, 6.45) is 0.218. The van der Waals surface area contributed by atoms with Gasteiger partial charge < -0.3 is 15.4 Å². The van der Waals surface area contributed by atoms with Gasteiger partial charge in [0.1, 0.15) is 0 Å². The third-order valence-electron chi connectivity index (χ3n) is 1.26. The quantitative estimate of drug-likeness (QED) is 0.635. The molecule has 0 fully saturated rings. The topological polar surface area (TPSA) is 50.4 Å². The van der Waals surface area contributed by atoms with E-state index in [0.29, 0.717) is 13.2 Å². The van der Waals surface area contributed by atoms with Crippen LogP contribution in [0.1, 0.15) is 27.7 Å². The molecule has 2 amide bonds. The normalized spacial score (nSPS) is 10.6. The number of hydrogen-bond acceptors (Lipinski definition) is 2. The number of rotatable bonds is 5. The Bertz CT molecular complexity index is 147. The predicted molar refractivity (Wildman–Crippen MR) is 52.8 cm³/mol. The molecule has 0 atom stereocenters. The lowest BCUT2D eigenvalue weighted by Crippen LogP contribution is -2.40. The molecule has 0 aromatic heterocycles. The third-order valence-corrected chi connectivity index (χ3v) is 1.26. The van der Waals surface area contributed by atoms with Crippen LogP contribution < -0.4 is 10.6 Å². The van der Waals surface area contributed by atoms with Gasteiger partial charge in [0.05, 0.1) is 12.7 Å². The number of amides is 2. The van der Waals surface area contributed by atoms with Crippen LogP contribution >= 0.6 is 0 Å². The van der Waals surface area contributed by atoms with Gasteiger partial charge in [0.15, 0.2) is 0 Å². The van der Waals surface area contributed by atoms with Gasteiger partial charge in [0, 0.05) is 12.6 Å². The first-order valence-electron chi connectivity index (χ1n) is 4.68. The lowest BCUT2D eigenvalue weighted by Gasteiger charge is -2.11. The fourth-order valence-electron chi connectivity index (χ4n) is 0.772. The first-order valence-corrected chi connectivity index (χ1v) is 4.68. The maximum atomic E-state index is 11.0. The number of carbonyl (C=O) groups excluding carboxylic acids is 1. The van der Waals surface area contributed by atoms with Crippen molar-refractivity contribution in [3.63, 3.8) is 0 Å². The van der Waals surface area contributed by atoms with E-state index >= 15 is 0 Å². The molecule has 0 saturated heterocycles. The van der Waals surface area contributed by atoms with Crippen molar-refractivity contribution in [3.8, 4) is 0 Å². The van der Waals surface area contributed by atoms with Crippen LogP contribution in [0.4, 0.5) is 4.79 Å².